The molecule has 180 valence electrons. The van der Waals surface area contributed by atoms with E-state index >= 15 is 0 Å². The van der Waals surface area contributed by atoms with Gasteiger partial charge in [-0.25, -0.2) is 11.0 Å². The minimum absolute atomic E-state index is 0.0928. The van der Waals surface area contributed by atoms with Crippen molar-refractivity contribution in [2.45, 2.75) is 66.2 Å². The van der Waals surface area contributed by atoms with Crippen molar-refractivity contribution < 1.29 is 19.6 Å². The monoisotopic (exact) mass is 474 g/mol. The average molecular weight is 475 g/mol. The molecule has 0 bridgehead atoms. The van der Waals surface area contributed by atoms with E-state index in [1.54, 1.807) is 5.48 Å². The van der Waals surface area contributed by atoms with Gasteiger partial charge in [0.25, 0.3) is 11.8 Å². The first-order valence-electron chi connectivity index (χ1n) is 11.3. The third-order valence-corrected chi connectivity index (χ3v) is 7.31. The highest BCUT2D eigenvalue weighted by Gasteiger charge is 2.14. The van der Waals surface area contributed by atoms with E-state index in [-0.39, 0.29) is 5.91 Å². The molecule has 0 spiro atoms. The zero-order valence-corrected chi connectivity index (χ0v) is 21.3. The first kappa shape index (κ1) is 30.0. The minimum atomic E-state index is -0.482. The summed E-state index contributed by atoms with van der Waals surface area (Å²) < 4.78 is 0. The molecule has 0 aliphatic carbocycles. The maximum absolute atomic E-state index is 11.6. The molecule has 8 heteroatoms. The Bertz CT molecular complexity index is 556. The summed E-state index contributed by atoms with van der Waals surface area (Å²) in [7, 11) is 0. The lowest BCUT2D eigenvalue weighted by Crippen LogP contribution is -2.29. The van der Waals surface area contributed by atoms with Gasteiger partial charge in [-0.2, -0.15) is 23.5 Å². The van der Waals surface area contributed by atoms with Crippen molar-refractivity contribution in [3.8, 4) is 0 Å². The van der Waals surface area contributed by atoms with Crippen LogP contribution in [0.2, 0.25) is 0 Å². The average Bonchev–Trinajstić information content (AvgIpc) is 2.79. The number of amides is 2. The molecule has 1 rings (SSSR count). The van der Waals surface area contributed by atoms with Gasteiger partial charge in [0, 0.05) is 22.7 Å². The van der Waals surface area contributed by atoms with Gasteiger partial charge in [-0.1, -0.05) is 34.3 Å². The van der Waals surface area contributed by atoms with Crippen molar-refractivity contribution in [3.63, 3.8) is 0 Å². The summed E-state index contributed by atoms with van der Waals surface area (Å²) >= 11 is 4.00. The van der Waals surface area contributed by atoms with Gasteiger partial charge in [0.2, 0.25) is 0 Å². The highest BCUT2D eigenvalue weighted by atomic mass is 32.2. The van der Waals surface area contributed by atoms with Crippen LogP contribution in [0.15, 0.2) is 23.8 Å². The van der Waals surface area contributed by atoms with Gasteiger partial charge in [0.05, 0.1) is 6.61 Å². The Hall–Kier alpha value is -0.960. The van der Waals surface area contributed by atoms with Gasteiger partial charge in [0.1, 0.15) is 0 Å². The van der Waals surface area contributed by atoms with Gasteiger partial charge in [-0.05, 0) is 67.9 Å². The Labute approximate surface area is 197 Å². The molecule has 0 saturated heterocycles. The molecule has 1 heterocycles. The topological polar surface area (TPSA) is 87.7 Å². The van der Waals surface area contributed by atoms with Crippen molar-refractivity contribution in [1.29, 1.82) is 0 Å². The molecule has 6 nitrogen and oxygen atoms in total. The van der Waals surface area contributed by atoms with Crippen LogP contribution < -0.4 is 11.0 Å². The molecule has 1 aliphatic heterocycles. The van der Waals surface area contributed by atoms with Gasteiger partial charge >= 0.3 is 0 Å². The van der Waals surface area contributed by atoms with E-state index in [9.17, 15) is 9.59 Å². The fraction of sp³-hybridized carbons (Fsp3) is 0.739. The van der Waals surface area contributed by atoms with Gasteiger partial charge < -0.3 is 0 Å². The Morgan fingerprint density at radius 1 is 1.13 bits per heavy atom. The molecule has 2 amide bonds. The molecule has 0 aromatic rings. The van der Waals surface area contributed by atoms with Crippen LogP contribution in [0, 0.1) is 11.8 Å². The van der Waals surface area contributed by atoms with Gasteiger partial charge in [-0.15, -0.1) is 0 Å². The molecular weight excluding hydrogens is 432 g/mol. The number of nitrogens with one attached hydrogen (secondary N) is 2. The van der Waals surface area contributed by atoms with Gasteiger partial charge in [0.15, 0.2) is 0 Å². The van der Waals surface area contributed by atoms with Crippen LogP contribution in [0.3, 0.4) is 0 Å². The van der Waals surface area contributed by atoms with Crippen LogP contribution in [0.25, 0.3) is 0 Å². The van der Waals surface area contributed by atoms with Crippen molar-refractivity contribution in [2.24, 2.45) is 11.8 Å². The van der Waals surface area contributed by atoms with Crippen molar-refractivity contribution >= 4 is 35.3 Å². The first-order valence-corrected chi connectivity index (χ1v) is 13.6. The molecule has 0 radical (unpaired) electrons. The number of hydrogen-bond acceptors (Lipinski definition) is 6. The SMILES string of the molecule is C=C(CCC(C)CCSCCSCCC(C)CCC1=CCONC1=O)C(=O)NO.CC. The van der Waals surface area contributed by atoms with Crippen molar-refractivity contribution in [2.75, 3.05) is 29.6 Å². The fourth-order valence-electron chi connectivity index (χ4n) is 2.82. The molecule has 3 N–H and O–H groups in total. The van der Waals surface area contributed by atoms with E-state index in [0.717, 1.165) is 37.0 Å². The summed E-state index contributed by atoms with van der Waals surface area (Å²) in [6.45, 7) is 12.6. The summed E-state index contributed by atoms with van der Waals surface area (Å²) in [5.74, 6) is 5.23. The Morgan fingerprint density at radius 2 is 1.71 bits per heavy atom. The smallest absolute Gasteiger partial charge is 0.270 e. The molecule has 1 aliphatic rings. The predicted molar refractivity (Wildman–Crippen MR) is 133 cm³/mol. The van der Waals surface area contributed by atoms with E-state index in [0.29, 0.717) is 30.4 Å². The predicted octanol–water partition coefficient (Wildman–Crippen LogP) is 5.14. The zero-order chi connectivity index (χ0) is 23.5. The summed E-state index contributed by atoms with van der Waals surface area (Å²) in [5, 5.41) is 8.57. The number of hydroxylamine groups is 2. The van der Waals surface area contributed by atoms with Crippen molar-refractivity contribution in [1.82, 2.24) is 11.0 Å². The normalized spacial score (nSPS) is 15.1. The molecule has 2 unspecified atom stereocenters. The number of thioether (sulfide) groups is 2. The molecule has 0 saturated carbocycles. The highest BCUT2D eigenvalue weighted by molar-refractivity contribution is 8.02. The van der Waals surface area contributed by atoms with Crippen LogP contribution in [-0.2, 0) is 14.4 Å². The maximum Gasteiger partial charge on any atom is 0.270 e. The van der Waals surface area contributed by atoms with E-state index in [2.05, 4.69) is 25.9 Å². The Morgan fingerprint density at radius 3 is 2.26 bits per heavy atom. The molecular formula is C23H42N2O4S2. The second kappa shape index (κ2) is 19.7. The lowest BCUT2D eigenvalue weighted by atomic mass is 9.98. The maximum atomic E-state index is 11.6. The molecule has 2 atom stereocenters. The van der Waals surface area contributed by atoms with E-state index in [1.165, 1.54) is 23.7 Å². The summed E-state index contributed by atoms with van der Waals surface area (Å²) in [6.07, 6.45) is 7.61. The second-order valence-corrected chi connectivity index (χ2v) is 10.1. The highest BCUT2D eigenvalue weighted by Crippen LogP contribution is 2.20. The van der Waals surface area contributed by atoms with E-state index < -0.39 is 5.91 Å². The number of rotatable bonds is 16. The number of carbonyl (C=O) groups excluding carboxylic acids is 2. The largest absolute Gasteiger partial charge is 0.288 e. The lowest BCUT2D eigenvalue weighted by Gasteiger charge is -2.16. The molecule has 31 heavy (non-hydrogen) atoms. The van der Waals surface area contributed by atoms with Crippen LogP contribution in [0.4, 0.5) is 0 Å². The van der Waals surface area contributed by atoms with Crippen LogP contribution in [-0.4, -0.2) is 46.6 Å². The van der Waals surface area contributed by atoms with Gasteiger partial charge in [-0.3, -0.25) is 19.6 Å². The Kier molecular flexibility index (Phi) is 19.1. The fourth-order valence-corrected chi connectivity index (χ4v) is 5.31. The number of carbonyl (C=O) groups is 2. The summed E-state index contributed by atoms with van der Waals surface area (Å²) in [6, 6.07) is 0. The minimum Gasteiger partial charge on any atom is -0.288 e. The van der Waals surface area contributed by atoms with Crippen LogP contribution in [0.5, 0.6) is 0 Å². The summed E-state index contributed by atoms with van der Waals surface area (Å²) in [5.41, 5.74) is 5.33. The first-order chi connectivity index (χ1) is 14.9. The van der Waals surface area contributed by atoms with Crippen molar-refractivity contribution in [3.05, 3.63) is 23.8 Å². The zero-order valence-electron chi connectivity index (χ0n) is 19.7. The standard InChI is InChI=1S/C21H36N2O4S2.C2H6/c1-16(4-6-18(3)20(24)22-26)9-12-28-14-15-29-13-10-17(2)5-7-19-8-11-27-23-21(19)25;1-2/h8,16-17,26H,3-7,9-15H2,1-2H3,(H,22,24)(H,23,25);1-2H3. The molecule has 0 aromatic carbocycles. The lowest BCUT2D eigenvalue weighted by molar-refractivity contribution is -0.130. The summed E-state index contributed by atoms with van der Waals surface area (Å²) in [4.78, 5) is 27.7. The quantitative estimate of drug-likeness (QED) is 0.124. The molecule has 0 aromatic heterocycles. The second-order valence-electron chi connectivity index (χ2n) is 7.61. The Balaban J connectivity index is 0.00000436. The van der Waals surface area contributed by atoms with Crippen LogP contribution >= 0.6 is 23.5 Å². The van der Waals surface area contributed by atoms with Crippen LogP contribution in [0.1, 0.15) is 66.2 Å². The third kappa shape index (κ3) is 15.5. The van der Waals surface area contributed by atoms with E-state index in [1.807, 2.05) is 43.4 Å². The third-order valence-electron chi connectivity index (χ3n) is 5.02. The molecule has 0 fully saturated rings. The number of hydrogen-bond donors (Lipinski definition) is 3. The van der Waals surface area contributed by atoms with E-state index in [4.69, 9.17) is 10.0 Å².